The van der Waals surface area contributed by atoms with E-state index in [1.54, 1.807) is 16.9 Å². The Bertz CT molecular complexity index is 882. The van der Waals surface area contributed by atoms with Crippen LogP contribution in [-0.2, 0) is 11.2 Å². The maximum atomic E-state index is 12.9. The Hall–Kier alpha value is -3.02. The van der Waals surface area contributed by atoms with Crippen molar-refractivity contribution in [3.8, 4) is 5.75 Å². The van der Waals surface area contributed by atoms with Crippen molar-refractivity contribution in [2.24, 2.45) is 0 Å². The van der Waals surface area contributed by atoms with Gasteiger partial charge in [-0.1, -0.05) is 24.3 Å². The highest BCUT2D eigenvalue weighted by Crippen LogP contribution is 2.32. The smallest absolute Gasteiger partial charge is 0.322 e. The van der Waals surface area contributed by atoms with Crippen LogP contribution in [0.2, 0.25) is 0 Å². The van der Waals surface area contributed by atoms with Crippen LogP contribution in [0.3, 0.4) is 0 Å². The summed E-state index contributed by atoms with van der Waals surface area (Å²) in [4.78, 5) is 28.9. The lowest BCUT2D eigenvalue weighted by atomic mass is 10.1. The summed E-state index contributed by atoms with van der Waals surface area (Å²) in [5.74, 6) is 0.707. The highest BCUT2D eigenvalue weighted by molar-refractivity contribution is 5.99. The standard InChI is InChI=1S/C21H23N3O3/c1-14-10-15-6-3-4-9-19(15)24(14)21(26)22-16-11-20(25)23(13-16)17-7-5-8-18(12-17)27-2/h3-9,12,14,16H,10-11,13H2,1-2H3,(H,22,26)/t14-,16-/m1/s1. The van der Waals surface area contributed by atoms with Crippen molar-refractivity contribution in [2.45, 2.75) is 31.8 Å². The number of methoxy groups -OCH3 is 1. The molecule has 1 saturated heterocycles. The highest BCUT2D eigenvalue weighted by Gasteiger charge is 2.36. The molecule has 2 aliphatic rings. The first kappa shape index (κ1) is 17.4. The van der Waals surface area contributed by atoms with E-state index in [1.165, 1.54) is 5.56 Å². The first-order chi connectivity index (χ1) is 13.1. The Kier molecular flexibility index (Phi) is 4.48. The van der Waals surface area contributed by atoms with Crippen molar-refractivity contribution in [1.82, 2.24) is 5.32 Å². The number of para-hydroxylation sites is 1. The summed E-state index contributed by atoms with van der Waals surface area (Å²) in [5, 5.41) is 3.04. The summed E-state index contributed by atoms with van der Waals surface area (Å²) in [7, 11) is 1.60. The third kappa shape index (κ3) is 3.23. The first-order valence-electron chi connectivity index (χ1n) is 9.19. The van der Waals surface area contributed by atoms with Gasteiger partial charge in [0.1, 0.15) is 5.75 Å². The maximum Gasteiger partial charge on any atom is 0.322 e. The number of carbonyl (C=O) groups is 2. The van der Waals surface area contributed by atoms with Gasteiger partial charge < -0.3 is 15.0 Å². The molecule has 140 valence electrons. The van der Waals surface area contributed by atoms with E-state index in [2.05, 4.69) is 11.4 Å². The molecule has 0 aliphatic carbocycles. The molecule has 0 radical (unpaired) electrons. The molecule has 0 aromatic heterocycles. The lowest BCUT2D eigenvalue weighted by Crippen LogP contribution is -2.48. The lowest BCUT2D eigenvalue weighted by molar-refractivity contribution is -0.117. The molecular weight excluding hydrogens is 342 g/mol. The molecule has 0 saturated carbocycles. The molecule has 2 aliphatic heterocycles. The fraction of sp³-hybridized carbons (Fsp3) is 0.333. The van der Waals surface area contributed by atoms with Gasteiger partial charge in [0.05, 0.1) is 13.2 Å². The van der Waals surface area contributed by atoms with Crippen LogP contribution in [0.1, 0.15) is 18.9 Å². The zero-order chi connectivity index (χ0) is 19.0. The SMILES string of the molecule is COc1cccc(N2C[C@H](NC(=O)N3c4ccccc4C[C@H]3C)CC2=O)c1. The maximum absolute atomic E-state index is 12.9. The van der Waals surface area contributed by atoms with Gasteiger partial charge in [-0.05, 0) is 37.1 Å². The van der Waals surface area contributed by atoms with Gasteiger partial charge in [0.15, 0.2) is 0 Å². The van der Waals surface area contributed by atoms with E-state index in [0.29, 0.717) is 18.7 Å². The van der Waals surface area contributed by atoms with Crippen LogP contribution in [0.5, 0.6) is 5.75 Å². The molecule has 6 heteroatoms. The Morgan fingerprint density at radius 2 is 1.96 bits per heavy atom. The van der Waals surface area contributed by atoms with Crippen molar-refractivity contribution in [3.05, 3.63) is 54.1 Å². The summed E-state index contributed by atoms with van der Waals surface area (Å²) in [6, 6.07) is 15.1. The van der Waals surface area contributed by atoms with Crippen molar-refractivity contribution in [2.75, 3.05) is 23.5 Å². The number of rotatable bonds is 3. The van der Waals surface area contributed by atoms with Gasteiger partial charge in [0.25, 0.3) is 0 Å². The molecule has 0 unspecified atom stereocenters. The van der Waals surface area contributed by atoms with Crippen molar-refractivity contribution in [1.29, 1.82) is 0 Å². The number of urea groups is 1. The van der Waals surface area contributed by atoms with Gasteiger partial charge in [0, 0.05) is 36.4 Å². The highest BCUT2D eigenvalue weighted by atomic mass is 16.5. The second-order valence-electron chi connectivity index (χ2n) is 7.11. The Morgan fingerprint density at radius 1 is 1.15 bits per heavy atom. The normalized spacial score (nSPS) is 21.3. The zero-order valence-electron chi connectivity index (χ0n) is 15.5. The van der Waals surface area contributed by atoms with E-state index in [-0.39, 0.29) is 24.0 Å². The van der Waals surface area contributed by atoms with Gasteiger partial charge >= 0.3 is 6.03 Å². The molecule has 6 nitrogen and oxygen atoms in total. The van der Waals surface area contributed by atoms with E-state index in [1.807, 2.05) is 49.4 Å². The summed E-state index contributed by atoms with van der Waals surface area (Å²) >= 11 is 0. The third-order valence-electron chi connectivity index (χ3n) is 5.24. The zero-order valence-corrected chi connectivity index (χ0v) is 15.5. The summed E-state index contributed by atoms with van der Waals surface area (Å²) in [6.07, 6.45) is 1.15. The summed E-state index contributed by atoms with van der Waals surface area (Å²) in [6.45, 7) is 2.50. The molecular formula is C21H23N3O3. The minimum atomic E-state index is -0.212. The van der Waals surface area contributed by atoms with E-state index in [0.717, 1.165) is 17.8 Å². The van der Waals surface area contributed by atoms with Crippen LogP contribution in [0, 0.1) is 0 Å². The van der Waals surface area contributed by atoms with Gasteiger partial charge in [-0.2, -0.15) is 0 Å². The summed E-state index contributed by atoms with van der Waals surface area (Å²) < 4.78 is 5.24. The fourth-order valence-electron chi connectivity index (χ4n) is 3.95. The average molecular weight is 365 g/mol. The molecule has 2 atom stereocenters. The molecule has 3 amide bonds. The molecule has 2 aromatic carbocycles. The molecule has 2 heterocycles. The van der Waals surface area contributed by atoms with Crippen LogP contribution < -0.4 is 19.9 Å². The Morgan fingerprint density at radius 3 is 2.78 bits per heavy atom. The number of hydrogen-bond acceptors (Lipinski definition) is 3. The van der Waals surface area contributed by atoms with Crippen LogP contribution in [0.4, 0.5) is 16.2 Å². The van der Waals surface area contributed by atoms with Crippen LogP contribution in [0.15, 0.2) is 48.5 Å². The third-order valence-corrected chi connectivity index (χ3v) is 5.24. The van der Waals surface area contributed by atoms with Gasteiger partial charge in [-0.15, -0.1) is 0 Å². The molecule has 1 fully saturated rings. The number of anilines is 2. The largest absolute Gasteiger partial charge is 0.497 e. The van der Waals surface area contributed by atoms with E-state index in [4.69, 9.17) is 4.74 Å². The van der Waals surface area contributed by atoms with E-state index >= 15 is 0 Å². The number of ether oxygens (including phenoxy) is 1. The van der Waals surface area contributed by atoms with E-state index < -0.39 is 0 Å². The number of amides is 3. The van der Waals surface area contributed by atoms with Crippen LogP contribution in [-0.4, -0.2) is 37.7 Å². The number of nitrogens with one attached hydrogen (secondary N) is 1. The van der Waals surface area contributed by atoms with Crippen molar-refractivity contribution >= 4 is 23.3 Å². The first-order valence-corrected chi connectivity index (χ1v) is 9.19. The average Bonchev–Trinajstić information content (AvgIpc) is 3.20. The second kappa shape index (κ2) is 6.95. The van der Waals surface area contributed by atoms with Crippen LogP contribution >= 0.6 is 0 Å². The number of nitrogens with zero attached hydrogens (tertiary/aromatic N) is 2. The molecule has 2 aromatic rings. The Balaban J connectivity index is 1.46. The molecule has 0 spiro atoms. The molecule has 0 bridgehead atoms. The quantitative estimate of drug-likeness (QED) is 0.910. The van der Waals surface area contributed by atoms with Crippen molar-refractivity contribution in [3.63, 3.8) is 0 Å². The van der Waals surface area contributed by atoms with Gasteiger partial charge in [0.2, 0.25) is 5.91 Å². The molecule has 1 N–H and O–H groups in total. The molecule has 4 rings (SSSR count). The number of benzene rings is 2. The van der Waals surface area contributed by atoms with Gasteiger partial charge in [-0.25, -0.2) is 4.79 Å². The lowest BCUT2D eigenvalue weighted by Gasteiger charge is -2.25. The minimum Gasteiger partial charge on any atom is -0.497 e. The number of fused-ring (bicyclic) bond motifs is 1. The fourth-order valence-corrected chi connectivity index (χ4v) is 3.95. The minimum absolute atomic E-state index is 0.00317. The Labute approximate surface area is 158 Å². The predicted octanol–water partition coefficient (Wildman–Crippen LogP) is 2.96. The van der Waals surface area contributed by atoms with Gasteiger partial charge in [-0.3, -0.25) is 9.69 Å². The predicted molar refractivity (Wildman–Crippen MR) is 104 cm³/mol. The number of hydrogen-bond donors (Lipinski definition) is 1. The summed E-state index contributed by atoms with van der Waals surface area (Å²) in [5.41, 5.74) is 2.92. The topological polar surface area (TPSA) is 61.9 Å². The van der Waals surface area contributed by atoms with Crippen LogP contribution in [0.25, 0.3) is 0 Å². The molecule has 27 heavy (non-hydrogen) atoms. The second-order valence-corrected chi connectivity index (χ2v) is 7.11. The van der Waals surface area contributed by atoms with E-state index in [9.17, 15) is 9.59 Å². The van der Waals surface area contributed by atoms with Crippen molar-refractivity contribution < 1.29 is 14.3 Å². The number of carbonyl (C=O) groups excluding carboxylic acids is 2. The monoisotopic (exact) mass is 365 g/mol.